The van der Waals surface area contributed by atoms with Gasteiger partial charge in [-0.3, -0.25) is 0 Å². The monoisotopic (exact) mass is 271 g/mol. The predicted octanol–water partition coefficient (Wildman–Crippen LogP) is 2.61. The van der Waals surface area contributed by atoms with Crippen molar-refractivity contribution >= 4 is 16.9 Å². The molecule has 0 fully saturated rings. The van der Waals surface area contributed by atoms with Crippen molar-refractivity contribution < 1.29 is 4.39 Å². The van der Waals surface area contributed by atoms with Crippen molar-refractivity contribution in [3.8, 4) is 5.69 Å². The van der Waals surface area contributed by atoms with Crippen LogP contribution in [0.5, 0.6) is 0 Å². The molecule has 1 aromatic carbocycles. The van der Waals surface area contributed by atoms with Crippen LogP contribution >= 0.6 is 0 Å². The maximum atomic E-state index is 13.2. The molecular weight excluding hydrogens is 257 g/mol. The summed E-state index contributed by atoms with van der Waals surface area (Å²) in [4.78, 5) is 8.77. The number of hydrogen-bond acceptors (Lipinski definition) is 4. The fraction of sp³-hybridized carbons (Fsp3) is 0.214. The third kappa shape index (κ3) is 1.89. The Morgan fingerprint density at radius 3 is 2.70 bits per heavy atom. The lowest BCUT2D eigenvalue weighted by atomic mass is 10.2. The Labute approximate surface area is 115 Å². The molecule has 2 heterocycles. The lowest BCUT2D eigenvalue weighted by Crippen LogP contribution is -2.03. The SMILES string of the molecule is CNc1nc(C)nc2c1cnn2-c1ccc(F)cc1C. The Morgan fingerprint density at radius 1 is 1.20 bits per heavy atom. The average molecular weight is 271 g/mol. The van der Waals surface area contributed by atoms with E-state index in [0.717, 1.165) is 22.5 Å². The van der Waals surface area contributed by atoms with Gasteiger partial charge in [0.25, 0.3) is 0 Å². The van der Waals surface area contributed by atoms with E-state index in [2.05, 4.69) is 20.4 Å². The van der Waals surface area contributed by atoms with E-state index in [9.17, 15) is 4.39 Å². The second kappa shape index (κ2) is 4.56. The summed E-state index contributed by atoms with van der Waals surface area (Å²) in [6.07, 6.45) is 1.71. The number of anilines is 1. The van der Waals surface area contributed by atoms with E-state index in [-0.39, 0.29) is 5.82 Å². The molecule has 3 rings (SSSR count). The summed E-state index contributed by atoms with van der Waals surface area (Å²) < 4.78 is 14.9. The van der Waals surface area contributed by atoms with Crippen LogP contribution in [0.1, 0.15) is 11.4 Å². The zero-order valence-corrected chi connectivity index (χ0v) is 11.5. The molecule has 0 amide bonds. The van der Waals surface area contributed by atoms with E-state index < -0.39 is 0 Å². The fourth-order valence-electron chi connectivity index (χ4n) is 2.24. The second-order valence-corrected chi connectivity index (χ2v) is 4.59. The Balaban J connectivity index is 2.29. The van der Waals surface area contributed by atoms with Crippen molar-refractivity contribution in [1.29, 1.82) is 0 Å². The number of benzene rings is 1. The minimum absolute atomic E-state index is 0.260. The van der Waals surface area contributed by atoms with Gasteiger partial charge in [0.1, 0.15) is 17.5 Å². The summed E-state index contributed by atoms with van der Waals surface area (Å²) in [7, 11) is 1.81. The van der Waals surface area contributed by atoms with Crippen LogP contribution in [-0.2, 0) is 0 Å². The van der Waals surface area contributed by atoms with Gasteiger partial charge in [0.2, 0.25) is 0 Å². The van der Waals surface area contributed by atoms with Crippen LogP contribution in [0.3, 0.4) is 0 Å². The Morgan fingerprint density at radius 2 is 2.00 bits per heavy atom. The van der Waals surface area contributed by atoms with E-state index in [1.807, 2.05) is 20.9 Å². The van der Waals surface area contributed by atoms with Gasteiger partial charge in [-0.15, -0.1) is 0 Å². The van der Waals surface area contributed by atoms with Crippen molar-refractivity contribution in [2.24, 2.45) is 0 Å². The van der Waals surface area contributed by atoms with Gasteiger partial charge in [0, 0.05) is 7.05 Å². The Kier molecular flexibility index (Phi) is 2.85. The van der Waals surface area contributed by atoms with E-state index in [4.69, 9.17) is 0 Å². The van der Waals surface area contributed by atoms with Crippen LogP contribution in [0, 0.1) is 19.7 Å². The molecule has 0 aliphatic carbocycles. The molecule has 0 bridgehead atoms. The summed E-state index contributed by atoms with van der Waals surface area (Å²) in [5.74, 6) is 1.13. The zero-order valence-electron chi connectivity index (χ0n) is 11.5. The van der Waals surface area contributed by atoms with Crippen LogP contribution in [0.4, 0.5) is 10.2 Å². The minimum atomic E-state index is -0.260. The first-order valence-electron chi connectivity index (χ1n) is 6.27. The van der Waals surface area contributed by atoms with Crippen molar-refractivity contribution in [2.75, 3.05) is 12.4 Å². The van der Waals surface area contributed by atoms with Gasteiger partial charge in [0.05, 0.1) is 17.3 Å². The van der Waals surface area contributed by atoms with Gasteiger partial charge >= 0.3 is 0 Å². The summed E-state index contributed by atoms with van der Waals surface area (Å²) in [6, 6.07) is 4.60. The largest absolute Gasteiger partial charge is 0.372 e. The van der Waals surface area contributed by atoms with Crippen LogP contribution in [0.15, 0.2) is 24.4 Å². The van der Waals surface area contributed by atoms with Gasteiger partial charge in [0.15, 0.2) is 5.65 Å². The lowest BCUT2D eigenvalue weighted by Gasteiger charge is -2.08. The molecular formula is C14H14FN5. The van der Waals surface area contributed by atoms with Crippen LogP contribution < -0.4 is 5.32 Å². The number of fused-ring (bicyclic) bond motifs is 1. The molecule has 102 valence electrons. The first-order chi connectivity index (χ1) is 9.60. The van der Waals surface area contributed by atoms with Gasteiger partial charge in [-0.05, 0) is 37.6 Å². The molecule has 6 heteroatoms. The molecule has 0 saturated heterocycles. The maximum absolute atomic E-state index is 13.2. The highest BCUT2D eigenvalue weighted by Gasteiger charge is 2.13. The molecule has 3 aromatic rings. The zero-order chi connectivity index (χ0) is 14.3. The van der Waals surface area contributed by atoms with E-state index >= 15 is 0 Å². The van der Waals surface area contributed by atoms with Crippen LogP contribution in [-0.4, -0.2) is 26.8 Å². The van der Waals surface area contributed by atoms with Crippen molar-refractivity contribution in [3.05, 3.63) is 41.6 Å². The summed E-state index contributed by atoms with van der Waals surface area (Å²) >= 11 is 0. The molecule has 5 nitrogen and oxygen atoms in total. The van der Waals surface area contributed by atoms with Crippen molar-refractivity contribution in [2.45, 2.75) is 13.8 Å². The number of hydrogen-bond donors (Lipinski definition) is 1. The predicted molar refractivity (Wildman–Crippen MR) is 75.6 cm³/mol. The third-order valence-electron chi connectivity index (χ3n) is 3.16. The number of aryl methyl sites for hydroxylation is 2. The van der Waals surface area contributed by atoms with Crippen LogP contribution in [0.2, 0.25) is 0 Å². The third-order valence-corrected chi connectivity index (χ3v) is 3.16. The first kappa shape index (κ1) is 12.5. The molecule has 1 N–H and O–H groups in total. The number of rotatable bonds is 2. The number of nitrogens with one attached hydrogen (secondary N) is 1. The first-order valence-corrected chi connectivity index (χ1v) is 6.27. The molecule has 0 atom stereocenters. The maximum Gasteiger partial charge on any atom is 0.168 e. The molecule has 2 aromatic heterocycles. The summed E-state index contributed by atoms with van der Waals surface area (Å²) in [5.41, 5.74) is 2.32. The number of nitrogens with zero attached hydrogens (tertiary/aromatic N) is 4. The average Bonchev–Trinajstić information content (AvgIpc) is 2.81. The molecule has 0 aliphatic rings. The molecule has 0 unspecified atom stereocenters. The molecule has 20 heavy (non-hydrogen) atoms. The van der Waals surface area contributed by atoms with Crippen molar-refractivity contribution in [3.63, 3.8) is 0 Å². The van der Waals surface area contributed by atoms with Gasteiger partial charge < -0.3 is 5.32 Å². The molecule has 0 saturated carbocycles. The highest BCUT2D eigenvalue weighted by atomic mass is 19.1. The number of aromatic nitrogens is 4. The highest BCUT2D eigenvalue weighted by molar-refractivity contribution is 5.87. The highest BCUT2D eigenvalue weighted by Crippen LogP contribution is 2.24. The van der Waals surface area contributed by atoms with Gasteiger partial charge in [-0.25, -0.2) is 19.0 Å². The molecule has 0 radical (unpaired) electrons. The minimum Gasteiger partial charge on any atom is -0.372 e. The Bertz CT molecular complexity index is 794. The quantitative estimate of drug-likeness (QED) is 0.778. The van der Waals surface area contributed by atoms with Gasteiger partial charge in [-0.2, -0.15) is 5.10 Å². The van der Waals surface area contributed by atoms with E-state index in [1.165, 1.54) is 12.1 Å². The Hall–Kier alpha value is -2.50. The van der Waals surface area contributed by atoms with Gasteiger partial charge in [-0.1, -0.05) is 0 Å². The summed E-state index contributed by atoms with van der Waals surface area (Å²) in [5, 5.41) is 8.23. The summed E-state index contributed by atoms with van der Waals surface area (Å²) in [6.45, 7) is 3.67. The normalized spacial score (nSPS) is 11.0. The van der Waals surface area contributed by atoms with E-state index in [1.54, 1.807) is 16.9 Å². The standard InChI is InChI=1S/C14H14FN5/c1-8-6-10(15)4-5-12(8)20-14-11(7-17-20)13(16-3)18-9(2)19-14/h4-7H,1-3H3,(H,16,18,19). The second-order valence-electron chi connectivity index (χ2n) is 4.59. The fourth-order valence-corrected chi connectivity index (χ4v) is 2.24. The smallest absolute Gasteiger partial charge is 0.168 e. The van der Waals surface area contributed by atoms with E-state index in [0.29, 0.717) is 11.5 Å². The van der Waals surface area contributed by atoms with Crippen LogP contribution in [0.25, 0.3) is 16.7 Å². The molecule has 0 spiro atoms. The topological polar surface area (TPSA) is 55.6 Å². The number of halogens is 1. The lowest BCUT2D eigenvalue weighted by molar-refractivity contribution is 0.625. The molecule has 0 aliphatic heterocycles. The van der Waals surface area contributed by atoms with Crippen molar-refractivity contribution in [1.82, 2.24) is 19.7 Å².